The van der Waals surface area contributed by atoms with Gasteiger partial charge in [-0.15, -0.1) is 0 Å². The number of rotatable bonds is 6. The van der Waals surface area contributed by atoms with Gasteiger partial charge in [-0.1, -0.05) is 30.3 Å². The van der Waals surface area contributed by atoms with E-state index in [0.29, 0.717) is 12.8 Å². The molecule has 2 aromatic rings. The Kier molecular flexibility index (Phi) is 5.35. The molecule has 2 heterocycles. The maximum absolute atomic E-state index is 13.3. The highest BCUT2D eigenvalue weighted by Gasteiger charge is 2.26. The second kappa shape index (κ2) is 8.07. The van der Waals surface area contributed by atoms with Crippen molar-refractivity contribution in [3.8, 4) is 0 Å². The SMILES string of the molecule is O=CCCC(c1ccc(F)cc1)N1CC=C(c2cccc3c2CC(=O)N3)CC1. The first-order valence-electron chi connectivity index (χ1n) is 9.70. The maximum Gasteiger partial charge on any atom is 0.228 e. The smallest absolute Gasteiger partial charge is 0.228 e. The number of aldehydes is 1. The minimum atomic E-state index is -0.250. The normalized spacial score (nSPS) is 17.6. The molecule has 4 nitrogen and oxygen atoms in total. The van der Waals surface area contributed by atoms with Gasteiger partial charge in [0.2, 0.25) is 5.91 Å². The van der Waals surface area contributed by atoms with E-state index in [1.165, 1.54) is 17.7 Å². The molecule has 0 spiro atoms. The predicted octanol–water partition coefficient (Wildman–Crippen LogP) is 4.13. The fourth-order valence-corrected chi connectivity index (χ4v) is 4.23. The Labute approximate surface area is 164 Å². The molecule has 0 fully saturated rings. The molecule has 2 aliphatic heterocycles. The van der Waals surface area contributed by atoms with Gasteiger partial charge in [0.15, 0.2) is 0 Å². The highest BCUT2D eigenvalue weighted by molar-refractivity contribution is 6.01. The van der Waals surface area contributed by atoms with E-state index >= 15 is 0 Å². The van der Waals surface area contributed by atoms with Crippen molar-refractivity contribution in [2.24, 2.45) is 0 Å². The van der Waals surface area contributed by atoms with Crippen LogP contribution < -0.4 is 5.32 Å². The lowest BCUT2D eigenvalue weighted by Gasteiger charge is -2.34. The van der Waals surface area contributed by atoms with E-state index in [1.807, 2.05) is 24.3 Å². The van der Waals surface area contributed by atoms with Gasteiger partial charge in [-0.05, 0) is 53.3 Å². The average molecular weight is 378 g/mol. The summed E-state index contributed by atoms with van der Waals surface area (Å²) in [7, 11) is 0. The summed E-state index contributed by atoms with van der Waals surface area (Å²) in [5.41, 5.74) is 5.46. The van der Waals surface area contributed by atoms with Gasteiger partial charge in [0.1, 0.15) is 12.1 Å². The van der Waals surface area contributed by atoms with Crippen LogP contribution in [0.25, 0.3) is 5.57 Å². The summed E-state index contributed by atoms with van der Waals surface area (Å²) in [6.45, 7) is 1.62. The minimum absolute atomic E-state index is 0.0470. The Morgan fingerprint density at radius 2 is 2.00 bits per heavy atom. The lowest BCUT2D eigenvalue weighted by Crippen LogP contribution is -2.33. The van der Waals surface area contributed by atoms with Crippen molar-refractivity contribution in [3.05, 3.63) is 71.0 Å². The van der Waals surface area contributed by atoms with E-state index in [-0.39, 0.29) is 17.8 Å². The van der Waals surface area contributed by atoms with E-state index in [1.54, 1.807) is 0 Å². The number of amides is 1. The molecule has 144 valence electrons. The zero-order valence-corrected chi connectivity index (χ0v) is 15.7. The fourth-order valence-electron chi connectivity index (χ4n) is 4.23. The molecule has 1 N–H and O–H groups in total. The number of benzene rings is 2. The molecule has 0 aliphatic carbocycles. The van der Waals surface area contributed by atoms with Crippen LogP contribution in [0.3, 0.4) is 0 Å². The van der Waals surface area contributed by atoms with E-state index in [2.05, 4.69) is 22.4 Å². The molecule has 0 saturated heterocycles. The van der Waals surface area contributed by atoms with Crippen LogP contribution in [0.2, 0.25) is 0 Å². The Balaban J connectivity index is 1.55. The molecule has 1 amide bonds. The second-order valence-corrected chi connectivity index (χ2v) is 7.34. The quantitative estimate of drug-likeness (QED) is 0.769. The number of carbonyl (C=O) groups is 2. The summed E-state index contributed by atoms with van der Waals surface area (Å²) in [6, 6.07) is 12.7. The average Bonchev–Trinajstić information content (AvgIpc) is 3.10. The molecular formula is C23H23FN2O2. The zero-order chi connectivity index (χ0) is 19.5. The summed E-state index contributed by atoms with van der Waals surface area (Å²) >= 11 is 0. The topological polar surface area (TPSA) is 49.4 Å². The van der Waals surface area contributed by atoms with Crippen LogP contribution in [0.1, 0.15) is 42.0 Å². The van der Waals surface area contributed by atoms with Crippen LogP contribution in [0.15, 0.2) is 48.5 Å². The number of nitrogens with zero attached hydrogens (tertiary/aromatic N) is 1. The van der Waals surface area contributed by atoms with Gasteiger partial charge in [-0.2, -0.15) is 0 Å². The molecule has 5 heteroatoms. The van der Waals surface area contributed by atoms with Crippen LogP contribution in [-0.4, -0.2) is 30.2 Å². The molecule has 0 aromatic heterocycles. The van der Waals surface area contributed by atoms with Crippen molar-refractivity contribution in [1.82, 2.24) is 4.90 Å². The predicted molar refractivity (Wildman–Crippen MR) is 107 cm³/mol. The second-order valence-electron chi connectivity index (χ2n) is 7.34. The first-order chi connectivity index (χ1) is 13.7. The van der Waals surface area contributed by atoms with Gasteiger partial charge in [0, 0.05) is 31.2 Å². The number of hydrogen-bond acceptors (Lipinski definition) is 3. The number of nitrogens with one attached hydrogen (secondary N) is 1. The van der Waals surface area contributed by atoms with E-state index in [0.717, 1.165) is 54.6 Å². The van der Waals surface area contributed by atoms with Gasteiger partial charge < -0.3 is 10.1 Å². The van der Waals surface area contributed by atoms with Gasteiger partial charge >= 0.3 is 0 Å². The molecule has 0 bridgehead atoms. The number of hydrogen-bond donors (Lipinski definition) is 1. The lowest BCUT2D eigenvalue weighted by atomic mass is 9.92. The van der Waals surface area contributed by atoms with Crippen LogP contribution >= 0.6 is 0 Å². The fraction of sp³-hybridized carbons (Fsp3) is 0.304. The van der Waals surface area contributed by atoms with Crippen molar-refractivity contribution in [2.75, 3.05) is 18.4 Å². The van der Waals surface area contributed by atoms with E-state index in [9.17, 15) is 14.0 Å². The third kappa shape index (κ3) is 3.76. The van der Waals surface area contributed by atoms with Gasteiger partial charge in [-0.3, -0.25) is 9.69 Å². The Morgan fingerprint density at radius 3 is 2.71 bits per heavy atom. The van der Waals surface area contributed by atoms with Crippen LogP contribution in [0.5, 0.6) is 0 Å². The number of carbonyl (C=O) groups excluding carboxylic acids is 2. The van der Waals surface area contributed by atoms with Crippen molar-refractivity contribution >= 4 is 23.5 Å². The molecule has 2 aliphatic rings. The highest BCUT2D eigenvalue weighted by atomic mass is 19.1. The molecule has 2 aromatic carbocycles. The van der Waals surface area contributed by atoms with Crippen LogP contribution in [0.4, 0.5) is 10.1 Å². The summed E-state index contributed by atoms with van der Waals surface area (Å²) in [5.74, 6) is -0.203. The van der Waals surface area contributed by atoms with Gasteiger partial charge in [0.25, 0.3) is 0 Å². The first-order valence-corrected chi connectivity index (χ1v) is 9.70. The molecule has 28 heavy (non-hydrogen) atoms. The van der Waals surface area contributed by atoms with Gasteiger partial charge in [-0.25, -0.2) is 4.39 Å². The van der Waals surface area contributed by atoms with Crippen molar-refractivity contribution < 1.29 is 14.0 Å². The summed E-state index contributed by atoms with van der Waals surface area (Å²) in [5, 5.41) is 2.91. The molecule has 4 rings (SSSR count). The summed E-state index contributed by atoms with van der Waals surface area (Å²) in [4.78, 5) is 25.0. The largest absolute Gasteiger partial charge is 0.326 e. The van der Waals surface area contributed by atoms with Crippen molar-refractivity contribution in [1.29, 1.82) is 0 Å². The lowest BCUT2D eigenvalue weighted by molar-refractivity contribution is -0.115. The van der Waals surface area contributed by atoms with Crippen LogP contribution in [0, 0.1) is 5.82 Å². The Hall–Kier alpha value is -2.79. The number of fused-ring (bicyclic) bond motifs is 1. The molecule has 1 atom stereocenters. The maximum atomic E-state index is 13.3. The number of anilines is 1. The third-order valence-electron chi connectivity index (χ3n) is 5.63. The van der Waals surface area contributed by atoms with E-state index in [4.69, 9.17) is 0 Å². The molecule has 0 saturated carbocycles. The molecule has 0 radical (unpaired) electrons. The van der Waals surface area contributed by atoms with Crippen LogP contribution in [-0.2, 0) is 16.0 Å². The standard InChI is InChI=1S/C23H23FN2O2/c24-18-8-6-17(7-9-18)22(5-2-14-27)26-12-10-16(11-13-26)19-3-1-4-21-20(19)15-23(28)25-21/h1,3-4,6-10,14,22H,2,5,11-13,15H2,(H,25,28). The Bertz CT molecular complexity index is 921. The summed E-state index contributed by atoms with van der Waals surface area (Å²) < 4.78 is 13.3. The van der Waals surface area contributed by atoms with Crippen molar-refractivity contribution in [2.45, 2.75) is 31.7 Å². The van der Waals surface area contributed by atoms with Gasteiger partial charge in [0.05, 0.1) is 6.42 Å². The van der Waals surface area contributed by atoms with E-state index < -0.39 is 0 Å². The number of halogens is 1. The molecule has 1 unspecified atom stereocenters. The highest BCUT2D eigenvalue weighted by Crippen LogP contribution is 2.35. The first kappa shape index (κ1) is 18.6. The monoisotopic (exact) mass is 378 g/mol. The Morgan fingerprint density at radius 1 is 1.18 bits per heavy atom. The summed E-state index contributed by atoms with van der Waals surface area (Å²) in [6.07, 6.45) is 5.68. The molecular weight excluding hydrogens is 355 g/mol. The van der Waals surface area contributed by atoms with Crippen molar-refractivity contribution in [3.63, 3.8) is 0 Å². The zero-order valence-electron chi connectivity index (χ0n) is 15.7. The minimum Gasteiger partial charge on any atom is -0.326 e. The third-order valence-corrected chi connectivity index (χ3v) is 5.63.